The minimum atomic E-state index is -3.25. The van der Waals surface area contributed by atoms with E-state index in [1.165, 1.54) is 0 Å². The molecule has 0 aromatic carbocycles. The zero-order valence-corrected chi connectivity index (χ0v) is 12.3. The van der Waals surface area contributed by atoms with E-state index in [-0.39, 0.29) is 23.3 Å². The lowest BCUT2D eigenvalue weighted by atomic mass is 10.0. The van der Waals surface area contributed by atoms with Crippen LogP contribution in [0.15, 0.2) is 0 Å². The molecule has 2 fully saturated rings. The summed E-state index contributed by atoms with van der Waals surface area (Å²) in [5, 5.41) is 3.22. The van der Waals surface area contributed by atoms with Crippen LogP contribution in [0.25, 0.3) is 0 Å². The fourth-order valence-electron chi connectivity index (χ4n) is 2.89. The first-order valence-corrected chi connectivity index (χ1v) is 9.08. The molecule has 0 spiro atoms. The second-order valence-electron chi connectivity index (χ2n) is 5.69. The van der Waals surface area contributed by atoms with Crippen LogP contribution in [0.2, 0.25) is 0 Å². The van der Waals surface area contributed by atoms with Crippen molar-refractivity contribution in [2.24, 2.45) is 5.92 Å². The number of hydrogen-bond acceptors (Lipinski definition) is 4. The van der Waals surface area contributed by atoms with Crippen molar-refractivity contribution in [3.8, 4) is 0 Å². The monoisotopic (exact) mass is 288 g/mol. The maximum absolute atomic E-state index is 12.1. The molecule has 0 aromatic rings. The van der Waals surface area contributed by atoms with Crippen molar-refractivity contribution in [2.75, 3.05) is 37.7 Å². The van der Waals surface area contributed by atoms with Crippen LogP contribution in [0, 0.1) is 5.92 Å². The van der Waals surface area contributed by atoms with Gasteiger partial charge < -0.3 is 10.2 Å². The fraction of sp³-hybridized carbons (Fsp3) is 0.923. The fourth-order valence-corrected chi connectivity index (χ4v) is 4.62. The Kier molecular flexibility index (Phi) is 5.21. The van der Waals surface area contributed by atoms with E-state index in [1.807, 2.05) is 0 Å². The molecule has 0 aliphatic carbocycles. The van der Waals surface area contributed by atoms with Gasteiger partial charge in [0.1, 0.15) is 5.75 Å². The molecule has 2 saturated heterocycles. The Morgan fingerprint density at radius 3 is 2.37 bits per heavy atom. The highest BCUT2D eigenvalue weighted by Crippen LogP contribution is 2.16. The maximum Gasteiger partial charge on any atom is 0.237 e. The van der Waals surface area contributed by atoms with Crippen LogP contribution < -0.4 is 5.32 Å². The van der Waals surface area contributed by atoms with E-state index in [9.17, 15) is 13.2 Å². The number of nitrogens with one attached hydrogen (secondary N) is 1. The summed E-state index contributed by atoms with van der Waals surface area (Å²) < 4.78 is 24.2. The van der Waals surface area contributed by atoms with Crippen molar-refractivity contribution in [1.29, 1.82) is 0 Å². The molecule has 1 amide bonds. The summed E-state index contributed by atoms with van der Waals surface area (Å²) in [5.74, 6) is -0.0976. The predicted octanol–water partition coefficient (Wildman–Crippen LogP) is 0.413. The normalized spacial score (nSPS) is 22.4. The zero-order chi connectivity index (χ0) is 13.7. The van der Waals surface area contributed by atoms with E-state index in [4.69, 9.17) is 0 Å². The molecule has 6 heteroatoms. The first-order valence-electron chi connectivity index (χ1n) is 7.26. The Hall–Kier alpha value is -0.620. The lowest BCUT2D eigenvalue weighted by molar-refractivity contribution is -0.129. The van der Waals surface area contributed by atoms with Crippen molar-refractivity contribution in [3.63, 3.8) is 0 Å². The number of sulfone groups is 1. The molecule has 2 aliphatic rings. The van der Waals surface area contributed by atoms with Crippen LogP contribution in [0.1, 0.15) is 32.1 Å². The van der Waals surface area contributed by atoms with Gasteiger partial charge in [-0.15, -0.1) is 0 Å². The second-order valence-corrected chi connectivity index (χ2v) is 7.80. The van der Waals surface area contributed by atoms with Gasteiger partial charge in [0.05, 0.1) is 5.75 Å². The quantitative estimate of drug-likeness (QED) is 0.814. The average molecular weight is 288 g/mol. The third kappa shape index (κ3) is 4.76. The number of carbonyl (C=O) groups is 1. The molecule has 0 unspecified atom stereocenters. The van der Waals surface area contributed by atoms with E-state index in [2.05, 4.69) is 5.32 Å². The highest BCUT2D eigenvalue weighted by atomic mass is 32.2. The first kappa shape index (κ1) is 14.8. The number of rotatable bonds is 4. The number of carbonyl (C=O) groups excluding carboxylic acids is 1. The molecular formula is C13H24N2O3S. The van der Waals surface area contributed by atoms with Crippen molar-refractivity contribution >= 4 is 15.7 Å². The topological polar surface area (TPSA) is 66.5 Å². The van der Waals surface area contributed by atoms with Crippen molar-refractivity contribution in [1.82, 2.24) is 10.2 Å². The number of hydrogen-bond donors (Lipinski definition) is 1. The van der Waals surface area contributed by atoms with E-state index >= 15 is 0 Å². The Balaban J connectivity index is 1.83. The molecule has 5 nitrogen and oxygen atoms in total. The summed E-state index contributed by atoms with van der Waals surface area (Å²) in [7, 11) is -3.25. The third-order valence-corrected chi connectivity index (χ3v) is 5.67. The summed E-state index contributed by atoms with van der Waals surface area (Å²) >= 11 is 0. The van der Waals surface area contributed by atoms with Crippen molar-refractivity contribution < 1.29 is 13.2 Å². The Morgan fingerprint density at radius 2 is 1.74 bits per heavy atom. The molecule has 110 valence electrons. The lowest BCUT2D eigenvalue weighted by Crippen LogP contribution is -2.40. The molecule has 2 heterocycles. The van der Waals surface area contributed by atoms with E-state index in [0.717, 1.165) is 58.3 Å². The molecule has 2 rings (SSSR count). The smallest absolute Gasteiger partial charge is 0.237 e. The molecule has 0 radical (unpaired) electrons. The van der Waals surface area contributed by atoms with Crippen molar-refractivity contribution in [2.45, 2.75) is 32.1 Å². The molecule has 0 bridgehead atoms. The van der Waals surface area contributed by atoms with Gasteiger partial charge >= 0.3 is 0 Å². The summed E-state index contributed by atoms with van der Waals surface area (Å²) in [6, 6.07) is 0. The molecule has 0 aromatic heterocycles. The number of piperidine rings is 2. The summed E-state index contributed by atoms with van der Waals surface area (Å²) in [6.45, 7) is 3.23. The van der Waals surface area contributed by atoms with Crippen LogP contribution in [0.5, 0.6) is 0 Å². The summed E-state index contributed by atoms with van der Waals surface area (Å²) in [6.07, 6.45) is 4.94. The number of amides is 1. The molecule has 0 saturated carbocycles. The number of nitrogens with zero attached hydrogens (tertiary/aromatic N) is 1. The van der Waals surface area contributed by atoms with Gasteiger partial charge in [-0.05, 0) is 51.1 Å². The van der Waals surface area contributed by atoms with Gasteiger partial charge in [-0.3, -0.25) is 4.79 Å². The third-order valence-electron chi connectivity index (χ3n) is 4.00. The van der Waals surface area contributed by atoms with Crippen LogP contribution in [-0.2, 0) is 14.6 Å². The Labute approximate surface area is 115 Å². The Bertz CT molecular complexity index is 396. The highest BCUT2D eigenvalue weighted by molar-refractivity contribution is 7.92. The van der Waals surface area contributed by atoms with Crippen molar-refractivity contribution in [3.05, 3.63) is 0 Å². The highest BCUT2D eigenvalue weighted by Gasteiger charge is 2.26. The standard InChI is InChI=1S/C13H24N2O3S/c16-13(15-8-2-1-3-9-15)11-19(17,18)10-12-4-6-14-7-5-12/h12,14H,1-11H2. The molecule has 0 atom stereocenters. The molecule has 2 aliphatic heterocycles. The SMILES string of the molecule is O=C(CS(=O)(=O)CC1CCNCC1)N1CCCCC1. The van der Waals surface area contributed by atoms with E-state index in [1.54, 1.807) is 4.90 Å². The molecule has 19 heavy (non-hydrogen) atoms. The minimum Gasteiger partial charge on any atom is -0.342 e. The van der Waals surface area contributed by atoms with Crippen LogP contribution in [0.4, 0.5) is 0 Å². The van der Waals surface area contributed by atoms with Gasteiger partial charge in [-0.25, -0.2) is 8.42 Å². The number of likely N-dealkylation sites (tertiary alicyclic amines) is 1. The van der Waals surface area contributed by atoms with Gasteiger partial charge in [0.2, 0.25) is 5.91 Å². The lowest BCUT2D eigenvalue weighted by Gasteiger charge is -2.27. The summed E-state index contributed by atoms with van der Waals surface area (Å²) in [4.78, 5) is 13.7. The van der Waals surface area contributed by atoms with Gasteiger partial charge in [-0.1, -0.05) is 0 Å². The summed E-state index contributed by atoms with van der Waals surface area (Å²) in [5.41, 5.74) is 0. The predicted molar refractivity (Wildman–Crippen MR) is 74.7 cm³/mol. The van der Waals surface area contributed by atoms with Gasteiger partial charge in [0.15, 0.2) is 9.84 Å². The minimum absolute atomic E-state index is 0.175. The van der Waals surface area contributed by atoms with Gasteiger partial charge in [-0.2, -0.15) is 0 Å². The molecule has 1 N–H and O–H groups in total. The Morgan fingerprint density at radius 1 is 1.11 bits per heavy atom. The largest absolute Gasteiger partial charge is 0.342 e. The average Bonchev–Trinajstić information content (AvgIpc) is 2.39. The maximum atomic E-state index is 12.1. The first-order chi connectivity index (χ1) is 9.07. The van der Waals surface area contributed by atoms with Gasteiger partial charge in [0, 0.05) is 13.1 Å². The van der Waals surface area contributed by atoms with Crippen LogP contribution in [0.3, 0.4) is 0 Å². The molecular weight excluding hydrogens is 264 g/mol. The van der Waals surface area contributed by atoms with E-state index < -0.39 is 9.84 Å². The van der Waals surface area contributed by atoms with Crippen LogP contribution in [-0.4, -0.2) is 56.9 Å². The van der Waals surface area contributed by atoms with Crippen LogP contribution >= 0.6 is 0 Å². The van der Waals surface area contributed by atoms with Gasteiger partial charge in [0.25, 0.3) is 0 Å². The van der Waals surface area contributed by atoms with E-state index in [0.29, 0.717) is 0 Å². The zero-order valence-electron chi connectivity index (χ0n) is 11.4. The second kappa shape index (κ2) is 6.70.